The molecule has 2 nitrogen and oxygen atoms in total. The Morgan fingerprint density at radius 3 is 1.68 bits per heavy atom. The third-order valence-electron chi connectivity index (χ3n) is 3.08. The Balaban J connectivity index is 1.99. The van der Waals surface area contributed by atoms with Gasteiger partial charge in [0.25, 0.3) is 0 Å². The normalized spacial score (nSPS) is 10.4. The number of nitrogens with one attached hydrogen (secondary N) is 2. The Bertz CT molecular complexity index is 412. The summed E-state index contributed by atoms with van der Waals surface area (Å²) in [4.78, 5) is 0. The molecule has 2 rings (SSSR count). The second kappa shape index (κ2) is 7.47. The molecule has 0 unspecified atom stereocenters. The van der Waals surface area contributed by atoms with Gasteiger partial charge < -0.3 is 10.6 Å². The molecular formula is C17H22N2. The van der Waals surface area contributed by atoms with E-state index in [4.69, 9.17) is 0 Å². The maximum atomic E-state index is 3.55. The number of benzene rings is 2. The molecule has 0 saturated carbocycles. The molecule has 100 valence electrons. The maximum absolute atomic E-state index is 3.55. The predicted octanol–water partition coefficient (Wildman–Crippen LogP) is 4.73. The van der Waals surface area contributed by atoms with Crippen molar-refractivity contribution >= 4 is 11.4 Å². The van der Waals surface area contributed by atoms with Gasteiger partial charge in [-0.1, -0.05) is 49.7 Å². The molecule has 0 saturated heterocycles. The Morgan fingerprint density at radius 2 is 1.26 bits per heavy atom. The van der Waals surface area contributed by atoms with Gasteiger partial charge in [0.1, 0.15) is 0 Å². The summed E-state index contributed by atoms with van der Waals surface area (Å²) in [5, 5.41) is 7.10. The molecular weight excluding hydrogens is 232 g/mol. The zero-order valence-corrected chi connectivity index (χ0v) is 11.5. The lowest BCUT2D eigenvalue weighted by Gasteiger charge is -2.22. The molecule has 0 spiro atoms. The van der Waals surface area contributed by atoms with Gasteiger partial charge in [-0.3, -0.25) is 0 Å². The van der Waals surface area contributed by atoms with Crippen LogP contribution in [0, 0.1) is 0 Å². The smallest absolute Gasteiger partial charge is 0.0963 e. The topological polar surface area (TPSA) is 24.1 Å². The molecule has 0 atom stereocenters. The summed E-state index contributed by atoms with van der Waals surface area (Å²) in [5.41, 5.74) is 2.32. The summed E-state index contributed by atoms with van der Waals surface area (Å²) in [7, 11) is 0. The lowest BCUT2D eigenvalue weighted by atomic mass is 10.2. The number of para-hydroxylation sites is 2. The lowest BCUT2D eigenvalue weighted by Crippen LogP contribution is -2.28. The molecule has 0 bridgehead atoms. The van der Waals surface area contributed by atoms with Crippen molar-refractivity contribution in [1.29, 1.82) is 0 Å². The Labute approximate surface area is 115 Å². The summed E-state index contributed by atoms with van der Waals surface area (Å²) >= 11 is 0. The van der Waals surface area contributed by atoms with E-state index in [1.54, 1.807) is 0 Å². The van der Waals surface area contributed by atoms with E-state index in [1.165, 1.54) is 12.8 Å². The van der Waals surface area contributed by atoms with Crippen molar-refractivity contribution < 1.29 is 0 Å². The first kappa shape index (κ1) is 13.5. The van der Waals surface area contributed by atoms with Crippen LogP contribution in [0.15, 0.2) is 60.7 Å². The first-order valence-corrected chi connectivity index (χ1v) is 7.01. The van der Waals surface area contributed by atoms with Gasteiger partial charge in [-0.25, -0.2) is 0 Å². The highest BCUT2D eigenvalue weighted by Gasteiger charge is 2.07. The van der Waals surface area contributed by atoms with Gasteiger partial charge in [0.15, 0.2) is 0 Å². The zero-order chi connectivity index (χ0) is 13.3. The van der Waals surface area contributed by atoms with Crippen LogP contribution in [0.1, 0.15) is 26.2 Å². The molecule has 0 amide bonds. The summed E-state index contributed by atoms with van der Waals surface area (Å²) in [6.07, 6.45) is 3.80. The van der Waals surface area contributed by atoms with E-state index in [0.29, 0.717) is 0 Å². The third-order valence-corrected chi connectivity index (χ3v) is 3.08. The Morgan fingerprint density at radius 1 is 0.789 bits per heavy atom. The Kier molecular flexibility index (Phi) is 5.30. The fourth-order valence-electron chi connectivity index (χ4n) is 2.06. The van der Waals surface area contributed by atoms with Gasteiger partial charge in [-0.2, -0.15) is 0 Å². The van der Waals surface area contributed by atoms with Crippen LogP contribution in [0.2, 0.25) is 0 Å². The van der Waals surface area contributed by atoms with Gasteiger partial charge in [-0.05, 0) is 37.1 Å². The van der Waals surface area contributed by atoms with E-state index in [-0.39, 0.29) is 6.17 Å². The van der Waals surface area contributed by atoms with Crippen LogP contribution in [0.25, 0.3) is 0 Å². The average Bonchev–Trinajstić information content (AvgIpc) is 2.47. The molecule has 2 aromatic rings. The zero-order valence-electron chi connectivity index (χ0n) is 11.5. The van der Waals surface area contributed by atoms with Crippen LogP contribution in [0.3, 0.4) is 0 Å². The van der Waals surface area contributed by atoms with Gasteiger partial charge >= 0.3 is 0 Å². The van der Waals surface area contributed by atoms with Crippen molar-refractivity contribution in [2.24, 2.45) is 0 Å². The summed E-state index contributed by atoms with van der Waals surface area (Å²) in [5.74, 6) is 0. The SMILES string of the molecule is CCCCC(Nc1ccccc1)Nc1ccccc1. The van der Waals surface area contributed by atoms with Gasteiger partial charge in [0.05, 0.1) is 6.17 Å². The predicted molar refractivity (Wildman–Crippen MR) is 83.4 cm³/mol. The standard InChI is InChI=1S/C17H22N2/c1-2-3-14-17(18-15-10-6-4-7-11-15)19-16-12-8-5-9-13-16/h4-13,17-19H,2-3,14H2,1H3. The first-order valence-electron chi connectivity index (χ1n) is 7.01. The monoisotopic (exact) mass is 254 g/mol. The van der Waals surface area contributed by atoms with E-state index >= 15 is 0 Å². The second-order valence-electron chi connectivity index (χ2n) is 4.72. The van der Waals surface area contributed by atoms with Crippen molar-refractivity contribution in [3.8, 4) is 0 Å². The molecule has 0 radical (unpaired) electrons. The maximum Gasteiger partial charge on any atom is 0.0963 e. The van der Waals surface area contributed by atoms with Crippen molar-refractivity contribution in [3.05, 3.63) is 60.7 Å². The summed E-state index contributed by atoms with van der Waals surface area (Å²) in [6, 6.07) is 20.7. The molecule has 0 aromatic heterocycles. The number of hydrogen-bond acceptors (Lipinski definition) is 2. The van der Waals surface area contributed by atoms with Gasteiger partial charge in [0.2, 0.25) is 0 Å². The highest BCUT2D eigenvalue weighted by molar-refractivity contribution is 5.48. The minimum absolute atomic E-state index is 0.268. The highest BCUT2D eigenvalue weighted by Crippen LogP contribution is 2.14. The number of unbranched alkanes of at least 4 members (excludes halogenated alkanes) is 1. The van der Waals surface area contributed by atoms with Crippen LogP contribution >= 0.6 is 0 Å². The van der Waals surface area contributed by atoms with Crippen LogP contribution in [-0.4, -0.2) is 6.17 Å². The first-order chi connectivity index (χ1) is 9.38. The average molecular weight is 254 g/mol. The molecule has 0 fully saturated rings. The van der Waals surface area contributed by atoms with E-state index in [0.717, 1.165) is 17.8 Å². The third kappa shape index (κ3) is 4.66. The second-order valence-corrected chi connectivity index (χ2v) is 4.72. The van der Waals surface area contributed by atoms with E-state index in [1.807, 2.05) is 12.1 Å². The van der Waals surface area contributed by atoms with E-state index < -0.39 is 0 Å². The largest absolute Gasteiger partial charge is 0.365 e. The molecule has 0 aliphatic carbocycles. The molecule has 0 aliphatic heterocycles. The summed E-state index contributed by atoms with van der Waals surface area (Å²) < 4.78 is 0. The number of hydrogen-bond donors (Lipinski definition) is 2. The van der Waals surface area contributed by atoms with Gasteiger partial charge in [-0.15, -0.1) is 0 Å². The van der Waals surface area contributed by atoms with Crippen LogP contribution in [-0.2, 0) is 0 Å². The molecule has 2 heteroatoms. The van der Waals surface area contributed by atoms with E-state index in [2.05, 4.69) is 66.1 Å². The van der Waals surface area contributed by atoms with Crippen LogP contribution < -0.4 is 10.6 Å². The molecule has 0 heterocycles. The molecule has 0 aliphatic rings. The number of rotatable bonds is 7. The van der Waals surface area contributed by atoms with E-state index in [9.17, 15) is 0 Å². The molecule has 2 aromatic carbocycles. The van der Waals surface area contributed by atoms with Crippen molar-refractivity contribution in [2.75, 3.05) is 10.6 Å². The molecule has 19 heavy (non-hydrogen) atoms. The van der Waals surface area contributed by atoms with Crippen molar-refractivity contribution in [3.63, 3.8) is 0 Å². The minimum Gasteiger partial charge on any atom is -0.365 e. The minimum atomic E-state index is 0.268. The fraction of sp³-hybridized carbons (Fsp3) is 0.294. The highest BCUT2D eigenvalue weighted by atomic mass is 15.1. The number of anilines is 2. The Hall–Kier alpha value is -1.96. The van der Waals surface area contributed by atoms with Crippen molar-refractivity contribution in [1.82, 2.24) is 0 Å². The van der Waals surface area contributed by atoms with Crippen LogP contribution in [0.5, 0.6) is 0 Å². The fourth-order valence-corrected chi connectivity index (χ4v) is 2.06. The molecule has 2 N–H and O–H groups in total. The lowest BCUT2D eigenvalue weighted by molar-refractivity contribution is 0.654. The van der Waals surface area contributed by atoms with Crippen LogP contribution in [0.4, 0.5) is 11.4 Å². The quantitative estimate of drug-likeness (QED) is 0.698. The van der Waals surface area contributed by atoms with Gasteiger partial charge in [0, 0.05) is 11.4 Å². The van der Waals surface area contributed by atoms with Crippen molar-refractivity contribution in [2.45, 2.75) is 32.4 Å². The summed E-state index contributed by atoms with van der Waals surface area (Å²) in [6.45, 7) is 2.22.